The first-order valence-corrected chi connectivity index (χ1v) is 10.6. The fourth-order valence-electron chi connectivity index (χ4n) is 3.44. The maximum atomic E-state index is 12.8. The van der Waals surface area contributed by atoms with Crippen LogP contribution in [-0.4, -0.2) is 33.9 Å². The zero-order valence-electron chi connectivity index (χ0n) is 14.5. The van der Waals surface area contributed by atoms with Gasteiger partial charge in [-0.15, -0.1) is 22.7 Å². The zero-order chi connectivity index (χ0) is 18.2. The normalized spacial score (nSPS) is 15.5. The standard InChI is InChI=1S/C20H17N3O2S2/c24-20(15-12-26-19(22-15)16-5-3-11-25-16)23-9-7-13(8-10-23)18-21-14-4-1-2-6-17(14)27-18/h1-6,11-13H,7-10H2. The molecule has 0 bridgehead atoms. The van der Waals surface area contributed by atoms with E-state index in [-0.39, 0.29) is 5.91 Å². The molecule has 4 aromatic rings. The molecular formula is C20H17N3O2S2. The van der Waals surface area contributed by atoms with Crippen LogP contribution in [0.2, 0.25) is 0 Å². The fraction of sp³-hybridized carbons (Fsp3) is 0.250. The van der Waals surface area contributed by atoms with E-state index in [0.29, 0.717) is 17.4 Å². The minimum absolute atomic E-state index is 0.00630. The molecule has 1 aliphatic heterocycles. The number of hydrogen-bond donors (Lipinski definition) is 0. The Morgan fingerprint density at radius 1 is 1.11 bits per heavy atom. The Morgan fingerprint density at radius 2 is 1.96 bits per heavy atom. The van der Waals surface area contributed by atoms with Gasteiger partial charge >= 0.3 is 0 Å². The molecule has 1 saturated heterocycles. The maximum Gasteiger partial charge on any atom is 0.273 e. The van der Waals surface area contributed by atoms with Gasteiger partial charge in [0.1, 0.15) is 5.69 Å². The number of fused-ring (bicyclic) bond motifs is 1. The monoisotopic (exact) mass is 395 g/mol. The molecule has 0 spiro atoms. The van der Waals surface area contributed by atoms with Gasteiger partial charge in [0, 0.05) is 24.4 Å². The van der Waals surface area contributed by atoms with Gasteiger partial charge in [0.15, 0.2) is 10.8 Å². The SMILES string of the molecule is O=C(c1csc(-c2ccco2)n1)N1CCC(c2nc3ccccc3s2)CC1. The van der Waals surface area contributed by atoms with Crippen molar-refractivity contribution < 1.29 is 9.21 Å². The second-order valence-electron chi connectivity index (χ2n) is 6.60. The number of rotatable bonds is 3. The zero-order valence-corrected chi connectivity index (χ0v) is 16.1. The molecule has 1 aromatic carbocycles. The van der Waals surface area contributed by atoms with Crippen molar-refractivity contribution in [3.63, 3.8) is 0 Å². The van der Waals surface area contributed by atoms with Gasteiger partial charge in [0.25, 0.3) is 5.91 Å². The topological polar surface area (TPSA) is 59.2 Å². The predicted octanol–water partition coefficient (Wildman–Crippen LogP) is 5.03. The van der Waals surface area contributed by atoms with E-state index in [0.717, 1.165) is 36.5 Å². The Bertz CT molecular complexity index is 1040. The third-order valence-electron chi connectivity index (χ3n) is 4.90. The number of thiazole rings is 2. The van der Waals surface area contributed by atoms with Crippen molar-refractivity contribution >= 4 is 38.8 Å². The quantitative estimate of drug-likeness (QED) is 0.488. The number of piperidine rings is 1. The lowest BCUT2D eigenvalue weighted by molar-refractivity contribution is 0.0708. The summed E-state index contributed by atoms with van der Waals surface area (Å²) >= 11 is 3.21. The van der Waals surface area contributed by atoms with E-state index < -0.39 is 0 Å². The summed E-state index contributed by atoms with van der Waals surface area (Å²) in [7, 11) is 0. The average molecular weight is 396 g/mol. The van der Waals surface area contributed by atoms with E-state index in [4.69, 9.17) is 9.40 Å². The maximum absolute atomic E-state index is 12.8. The van der Waals surface area contributed by atoms with Crippen molar-refractivity contribution in [3.05, 3.63) is 58.7 Å². The van der Waals surface area contributed by atoms with E-state index in [1.54, 1.807) is 17.6 Å². The van der Waals surface area contributed by atoms with Gasteiger partial charge in [-0.1, -0.05) is 12.1 Å². The summed E-state index contributed by atoms with van der Waals surface area (Å²) in [6, 6.07) is 11.9. The first-order chi connectivity index (χ1) is 13.3. The van der Waals surface area contributed by atoms with Crippen LogP contribution in [0.5, 0.6) is 0 Å². The Labute approximate surface area is 164 Å². The highest BCUT2D eigenvalue weighted by molar-refractivity contribution is 7.18. The molecule has 0 N–H and O–H groups in total. The summed E-state index contributed by atoms with van der Waals surface area (Å²) in [4.78, 5) is 23.9. The molecule has 3 aromatic heterocycles. The number of likely N-dealkylation sites (tertiary alicyclic amines) is 1. The third kappa shape index (κ3) is 3.17. The van der Waals surface area contributed by atoms with Crippen LogP contribution in [0.25, 0.3) is 21.0 Å². The Kier molecular flexibility index (Phi) is 4.26. The van der Waals surface area contributed by atoms with Crippen molar-refractivity contribution in [3.8, 4) is 10.8 Å². The molecule has 5 rings (SSSR count). The lowest BCUT2D eigenvalue weighted by Gasteiger charge is -2.30. The van der Waals surface area contributed by atoms with Crippen LogP contribution >= 0.6 is 22.7 Å². The van der Waals surface area contributed by atoms with Crippen LogP contribution in [0.4, 0.5) is 0 Å². The van der Waals surface area contributed by atoms with Gasteiger partial charge in [0.2, 0.25) is 0 Å². The minimum atomic E-state index is 0.00630. The number of hydrogen-bond acceptors (Lipinski definition) is 6. The van der Waals surface area contributed by atoms with E-state index in [1.165, 1.54) is 21.0 Å². The molecule has 1 fully saturated rings. The summed E-state index contributed by atoms with van der Waals surface area (Å²) in [6.45, 7) is 1.49. The largest absolute Gasteiger partial charge is 0.462 e. The Balaban J connectivity index is 1.26. The highest BCUT2D eigenvalue weighted by Crippen LogP contribution is 2.34. The number of carbonyl (C=O) groups is 1. The molecule has 27 heavy (non-hydrogen) atoms. The first-order valence-electron chi connectivity index (χ1n) is 8.92. The van der Waals surface area contributed by atoms with Crippen molar-refractivity contribution in [2.45, 2.75) is 18.8 Å². The molecule has 0 aliphatic carbocycles. The number of nitrogens with zero attached hydrogens (tertiary/aromatic N) is 3. The lowest BCUT2D eigenvalue weighted by atomic mass is 9.97. The Morgan fingerprint density at radius 3 is 2.74 bits per heavy atom. The molecule has 1 amide bonds. The highest BCUT2D eigenvalue weighted by Gasteiger charge is 2.27. The van der Waals surface area contributed by atoms with Crippen LogP contribution < -0.4 is 0 Å². The lowest BCUT2D eigenvalue weighted by Crippen LogP contribution is -2.38. The second kappa shape index (κ2) is 6.90. The number of benzene rings is 1. The summed E-state index contributed by atoms with van der Waals surface area (Å²) < 4.78 is 6.60. The molecular weight excluding hydrogens is 378 g/mol. The van der Waals surface area contributed by atoms with E-state index in [2.05, 4.69) is 23.2 Å². The number of amides is 1. The molecule has 0 saturated carbocycles. The fourth-order valence-corrected chi connectivity index (χ4v) is 5.34. The molecule has 0 radical (unpaired) electrons. The number of furan rings is 1. The smallest absolute Gasteiger partial charge is 0.273 e. The number of aromatic nitrogens is 2. The molecule has 0 unspecified atom stereocenters. The summed E-state index contributed by atoms with van der Waals surface area (Å²) in [6.07, 6.45) is 3.51. The predicted molar refractivity (Wildman–Crippen MR) is 107 cm³/mol. The molecule has 7 heteroatoms. The Hall–Kier alpha value is -2.51. The summed E-state index contributed by atoms with van der Waals surface area (Å²) in [5.41, 5.74) is 1.58. The highest BCUT2D eigenvalue weighted by atomic mass is 32.1. The van der Waals surface area contributed by atoms with Crippen molar-refractivity contribution in [1.82, 2.24) is 14.9 Å². The van der Waals surface area contributed by atoms with Crippen molar-refractivity contribution in [2.24, 2.45) is 0 Å². The first kappa shape index (κ1) is 16.6. The van der Waals surface area contributed by atoms with Crippen LogP contribution in [0.1, 0.15) is 34.3 Å². The molecule has 1 aliphatic rings. The van der Waals surface area contributed by atoms with Crippen LogP contribution in [0.3, 0.4) is 0 Å². The van der Waals surface area contributed by atoms with Crippen molar-refractivity contribution in [2.75, 3.05) is 13.1 Å². The molecule has 4 heterocycles. The van der Waals surface area contributed by atoms with E-state index in [9.17, 15) is 4.79 Å². The van der Waals surface area contributed by atoms with Crippen LogP contribution in [-0.2, 0) is 0 Å². The molecule has 136 valence electrons. The van der Waals surface area contributed by atoms with E-state index in [1.807, 2.05) is 28.5 Å². The molecule has 0 atom stereocenters. The van der Waals surface area contributed by atoms with Gasteiger partial charge in [-0.05, 0) is 37.1 Å². The third-order valence-corrected chi connectivity index (χ3v) is 6.95. The summed E-state index contributed by atoms with van der Waals surface area (Å²) in [5, 5.41) is 3.75. The van der Waals surface area contributed by atoms with Crippen LogP contribution in [0, 0.1) is 0 Å². The van der Waals surface area contributed by atoms with Gasteiger partial charge in [-0.2, -0.15) is 0 Å². The van der Waals surface area contributed by atoms with Gasteiger partial charge in [-0.25, -0.2) is 9.97 Å². The van der Waals surface area contributed by atoms with Gasteiger partial charge < -0.3 is 9.32 Å². The molecule has 5 nitrogen and oxygen atoms in total. The van der Waals surface area contributed by atoms with Gasteiger partial charge in [-0.3, -0.25) is 4.79 Å². The second-order valence-corrected chi connectivity index (χ2v) is 8.52. The minimum Gasteiger partial charge on any atom is -0.462 e. The summed E-state index contributed by atoms with van der Waals surface area (Å²) in [5.74, 6) is 1.14. The van der Waals surface area contributed by atoms with Gasteiger partial charge in [0.05, 0.1) is 21.5 Å². The van der Waals surface area contributed by atoms with Crippen LogP contribution in [0.15, 0.2) is 52.5 Å². The average Bonchev–Trinajstić information content (AvgIpc) is 3.47. The number of carbonyl (C=O) groups excluding carboxylic acids is 1. The van der Waals surface area contributed by atoms with E-state index >= 15 is 0 Å². The van der Waals surface area contributed by atoms with Crippen molar-refractivity contribution in [1.29, 1.82) is 0 Å². The number of para-hydroxylation sites is 1.